The summed E-state index contributed by atoms with van der Waals surface area (Å²) in [6, 6.07) is 14.2. The van der Waals surface area contributed by atoms with Gasteiger partial charge in [0.05, 0.1) is 22.3 Å². The summed E-state index contributed by atoms with van der Waals surface area (Å²) in [6.07, 6.45) is 2.15. The molecule has 4 heterocycles. The number of hydrogen-bond acceptors (Lipinski definition) is 6. The Labute approximate surface area is 213 Å². The topological polar surface area (TPSA) is 86.6 Å². The Morgan fingerprint density at radius 3 is 2.69 bits per heavy atom. The number of carbonyl (C=O) groups is 1. The van der Waals surface area contributed by atoms with Crippen LogP contribution in [0.1, 0.15) is 45.5 Å². The van der Waals surface area contributed by atoms with Crippen LogP contribution >= 0.6 is 11.8 Å². The second kappa shape index (κ2) is 8.90. The summed E-state index contributed by atoms with van der Waals surface area (Å²) in [5.41, 5.74) is 4.05. The van der Waals surface area contributed by atoms with Crippen LogP contribution in [0.5, 0.6) is 0 Å². The molecule has 2 aliphatic rings. The zero-order valence-electron chi connectivity index (χ0n) is 20.5. The number of benzene rings is 2. The zero-order valence-corrected chi connectivity index (χ0v) is 21.3. The molecule has 0 radical (unpaired) electrons. The number of likely N-dealkylation sites (N-methyl/N-ethyl adjacent to an activating group) is 1. The molecule has 1 saturated heterocycles. The van der Waals surface area contributed by atoms with E-state index in [9.17, 15) is 9.59 Å². The van der Waals surface area contributed by atoms with Gasteiger partial charge in [0.25, 0.3) is 11.5 Å². The van der Waals surface area contributed by atoms with Crippen molar-refractivity contribution >= 4 is 34.3 Å². The summed E-state index contributed by atoms with van der Waals surface area (Å²) in [5.74, 6) is 1.03. The van der Waals surface area contributed by atoms with E-state index in [4.69, 9.17) is 0 Å². The maximum Gasteiger partial charge on any atom is 0.294 e. The number of nitrogens with one attached hydrogen (secondary N) is 1. The van der Waals surface area contributed by atoms with E-state index in [0.717, 1.165) is 23.4 Å². The van der Waals surface area contributed by atoms with Gasteiger partial charge in [0, 0.05) is 25.2 Å². The zero-order chi connectivity index (χ0) is 25.0. The van der Waals surface area contributed by atoms with Crippen LogP contribution in [0.2, 0.25) is 0 Å². The van der Waals surface area contributed by atoms with Gasteiger partial charge in [-0.15, -0.1) is 22.0 Å². The molecule has 6 rings (SSSR count). The Balaban J connectivity index is 1.39. The summed E-state index contributed by atoms with van der Waals surface area (Å²) in [7, 11) is 2.10. The number of amides is 1. The first-order chi connectivity index (χ1) is 17.4. The van der Waals surface area contributed by atoms with Crippen LogP contribution in [0.3, 0.4) is 0 Å². The summed E-state index contributed by atoms with van der Waals surface area (Å²) >= 11 is 1.69. The number of aryl methyl sites for hydroxylation is 1. The van der Waals surface area contributed by atoms with Crippen molar-refractivity contribution in [3.8, 4) is 0 Å². The minimum atomic E-state index is -0.309. The molecule has 3 unspecified atom stereocenters. The number of fused-ring (bicyclic) bond motifs is 3. The van der Waals surface area contributed by atoms with Gasteiger partial charge in [-0.3, -0.25) is 18.9 Å². The highest BCUT2D eigenvalue weighted by Gasteiger charge is 2.31. The SMILES string of the molecule is Cc1cc2c(cc1C(=O)N1CCN(C)C(c3ccccc3)C1)[nH]c(=O)c1nnc(C3SC=CC3C)n12. The van der Waals surface area contributed by atoms with Gasteiger partial charge in [-0.25, -0.2) is 0 Å². The third-order valence-electron chi connectivity index (χ3n) is 7.41. The third-order valence-corrected chi connectivity index (χ3v) is 8.66. The first-order valence-electron chi connectivity index (χ1n) is 12.2. The van der Waals surface area contributed by atoms with E-state index in [1.165, 1.54) is 5.56 Å². The third kappa shape index (κ3) is 3.74. The maximum atomic E-state index is 13.7. The fraction of sp³-hybridized carbons (Fsp3) is 0.333. The Morgan fingerprint density at radius 1 is 1.14 bits per heavy atom. The Morgan fingerprint density at radius 2 is 1.94 bits per heavy atom. The van der Waals surface area contributed by atoms with E-state index in [-0.39, 0.29) is 34.3 Å². The fourth-order valence-electron chi connectivity index (χ4n) is 5.29. The Hall–Kier alpha value is -3.43. The molecule has 3 atom stereocenters. The molecule has 8 nitrogen and oxygen atoms in total. The molecule has 36 heavy (non-hydrogen) atoms. The second-order valence-electron chi connectivity index (χ2n) is 9.76. The van der Waals surface area contributed by atoms with Gasteiger partial charge in [-0.1, -0.05) is 43.3 Å². The minimum Gasteiger partial charge on any atom is -0.335 e. The van der Waals surface area contributed by atoms with Gasteiger partial charge in [0.1, 0.15) is 0 Å². The van der Waals surface area contributed by atoms with Crippen molar-refractivity contribution in [3.05, 3.63) is 86.8 Å². The first kappa shape index (κ1) is 23.0. The van der Waals surface area contributed by atoms with Crippen LogP contribution in [0.15, 0.2) is 58.7 Å². The lowest BCUT2D eigenvalue weighted by Crippen LogP contribution is -2.49. The van der Waals surface area contributed by atoms with Gasteiger partial charge < -0.3 is 9.88 Å². The number of thioether (sulfide) groups is 1. The number of hydrogen-bond donors (Lipinski definition) is 1. The normalized spacial score (nSPS) is 22.6. The molecule has 2 aliphatic heterocycles. The van der Waals surface area contributed by atoms with Crippen molar-refractivity contribution < 1.29 is 4.79 Å². The number of allylic oxidation sites excluding steroid dienone is 1. The molecule has 2 aromatic heterocycles. The quantitative estimate of drug-likeness (QED) is 0.459. The van der Waals surface area contributed by atoms with Gasteiger partial charge in [-0.2, -0.15) is 0 Å². The second-order valence-corrected chi connectivity index (χ2v) is 10.8. The smallest absolute Gasteiger partial charge is 0.294 e. The summed E-state index contributed by atoms with van der Waals surface area (Å²) < 4.78 is 1.86. The highest BCUT2D eigenvalue weighted by atomic mass is 32.2. The number of aromatic nitrogens is 4. The molecule has 0 bridgehead atoms. The Bertz CT molecular complexity index is 1560. The standard InChI is InChI=1S/C27H28N6O2S/c1-16-9-12-36-23(16)24-29-30-25-26(34)28-20-14-19(17(2)13-21(20)33(24)25)27(35)32-11-10-31(3)22(15-32)18-7-5-4-6-8-18/h4-9,12-14,16,22-23H,10-11,15H2,1-3H3,(H,28,34). The van der Waals surface area contributed by atoms with Gasteiger partial charge in [0.15, 0.2) is 5.82 Å². The molecular formula is C27H28N6O2S. The molecule has 9 heteroatoms. The maximum absolute atomic E-state index is 13.7. The van der Waals surface area contributed by atoms with Gasteiger partial charge in [0.2, 0.25) is 5.65 Å². The molecule has 184 valence electrons. The minimum absolute atomic E-state index is 0.0162. The number of carbonyl (C=O) groups excluding carboxylic acids is 1. The summed E-state index contributed by atoms with van der Waals surface area (Å²) in [4.78, 5) is 33.8. The Kier molecular flexibility index (Phi) is 5.69. The fourth-order valence-corrected chi connectivity index (χ4v) is 6.41. The van der Waals surface area contributed by atoms with Crippen LogP contribution in [-0.4, -0.2) is 62.0 Å². The average Bonchev–Trinajstić information content (AvgIpc) is 3.51. The van der Waals surface area contributed by atoms with E-state index in [2.05, 4.69) is 57.7 Å². The van der Waals surface area contributed by atoms with E-state index < -0.39 is 0 Å². The summed E-state index contributed by atoms with van der Waals surface area (Å²) in [6.45, 7) is 6.16. The summed E-state index contributed by atoms with van der Waals surface area (Å²) in [5, 5.41) is 10.8. The van der Waals surface area contributed by atoms with Crippen LogP contribution in [0.25, 0.3) is 16.7 Å². The van der Waals surface area contributed by atoms with Crippen molar-refractivity contribution in [2.24, 2.45) is 5.92 Å². The van der Waals surface area contributed by atoms with E-state index >= 15 is 0 Å². The van der Waals surface area contributed by atoms with E-state index in [1.54, 1.807) is 11.8 Å². The molecule has 2 aromatic carbocycles. The molecule has 1 amide bonds. The van der Waals surface area contributed by atoms with Crippen molar-refractivity contribution in [2.45, 2.75) is 25.1 Å². The van der Waals surface area contributed by atoms with Gasteiger partial charge >= 0.3 is 0 Å². The first-order valence-corrected chi connectivity index (χ1v) is 13.1. The molecule has 0 spiro atoms. The van der Waals surface area contributed by atoms with Crippen molar-refractivity contribution in [1.29, 1.82) is 0 Å². The predicted octanol–water partition coefficient (Wildman–Crippen LogP) is 3.95. The number of aromatic amines is 1. The lowest BCUT2D eigenvalue weighted by Gasteiger charge is -2.40. The number of piperazine rings is 1. The number of rotatable bonds is 3. The van der Waals surface area contributed by atoms with Crippen LogP contribution in [-0.2, 0) is 0 Å². The van der Waals surface area contributed by atoms with Crippen LogP contribution in [0.4, 0.5) is 0 Å². The molecule has 4 aromatic rings. The predicted molar refractivity (Wildman–Crippen MR) is 142 cm³/mol. The molecule has 0 aliphatic carbocycles. The van der Waals surface area contributed by atoms with Crippen molar-refractivity contribution in [2.75, 3.05) is 26.7 Å². The monoisotopic (exact) mass is 500 g/mol. The molecule has 1 fully saturated rings. The number of nitrogens with zero attached hydrogens (tertiary/aromatic N) is 5. The largest absolute Gasteiger partial charge is 0.335 e. The van der Waals surface area contributed by atoms with E-state index in [1.807, 2.05) is 46.6 Å². The molecular weight excluding hydrogens is 472 g/mol. The highest BCUT2D eigenvalue weighted by Crippen LogP contribution is 2.42. The van der Waals surface area contributed by atoms with Gasteiger partial charge in [-0.05, 0) is 48.6 Å². The van der Waals surface area contributed by atoms with Crippen LogP contribution in [0, 0.1) is 12.8 Å². The van der Waals surface area contributed by atoms with Crippen LogP contribution < -0.4 is 5.56 Å². The van der Waals surface area contributed by atoms with Crippen molar-refractivity contribution in [1.82, 2.24) is 29.4 Å². The van der Waals surface area contributed by atoms with E-state index in [0.29, 0.717) is 24.2 Å². The highest BCUT2D eigenvalue weighted by molar-refractivity contribution is 8.02. The number of H-pyrrole nitrogens is 1. The molecule has 0 saturated carbocycles. The average molecular weight is 501 g/mol. The molecule has 1 N–H and O–H groups in total. The lowest BCUT2D eigenvalue weighted by molar-refractivity contribution is 0.0545. The lowest BCUT2D eigenvalue weighted by atomic mass is 10.0. The van der Waals surface area contributed by atoms with Crippen molar-refractivity contribution in [3.63, 3.8) is 0 Å².